The highest BCUT2D eigenvalue weighted by Gasteiger charge is 2.16. The van der Waals surface area contributed by atoms with Crippen molar-refractivity contribution in [1.29, 1.82) is 5.26 Å². The average Bonchev–Trinajstić information content (AvgIpc) is 3.10. The Morgan fingerprint density at radius 1 is 1.21 bits per heavy atom. The number of nitrogen functional groups attached to an aromatic ring is 1. The summed E-state index contributed by atoms with van der Waals surface area (Å²) >= 11 is 1.56. The fourth-order valence-electron chi connectivity index (χ4n) is 3.00. The molecule has 0 amide bonds. The van der Waals surface area contributed by atoms with Crippen LogP contribution in [0.4, 0.5) is 5.69 Å². The first-order valence-corrected chi connectivity index (χ1v) is 9.74. The Hall–Kier alpha value is -3.36. The van der Waals surface area contributed by atoms with Crippen molar-refractivity contribution in [2.45, 2.75) is 13.8 Å². The first-order chi connectivity index (χ1) is 13.5. The Morgan fingerprint density at radius 3 is 2.61 bits per heavy atom. The number of thiophene rings is 1. The predicted octanol–water partition coefficient (Wildman–Crippen LogP) is 5.42. The molecule has 2 aromatic carbocycles. The molecule has 3 aromatic rings. The molecule has 0 aliphatic heterocycles. The fraction of sp³-hybridized carbons (Fsp3) is 0.130. The molecule has 28 heavy (non-hydrogen) atoms. The van der Waals surface area contributed by atoms with Gasteiger partial charge in [0.25, 0.3) is 0 Å². The number of hydrogen-bond acceptors (Lipinski definition) is 5. The van der Waals surface area contributed by atoms with Crippen LogP contribution < -0.4 is 5.73 Å². The number of anilines is 1. The summed E-state index contributed by atoms with van der Waals surface area (Å²) in [6.07, 6.45) is 3.24. The van der Waals surface area contributed by atoms with Crippen LogP contribution in [0.15, 0.2) is 53.9 Å². The summed E-state index contributed by atoms with van der Waals surface area (Å²) in [6.45, 7) is 4.10. The molecule has 0 aliphatic rings. The number of nitriles is 1. The van der Waals surface area contributed by atoms with E-state index in [0.29, 0.717) is 17.9 Å². The lowest BCUT2D eigenvalue weighted by Crippen LogP contribution is -1.98. The molecule has 0 unspecified atom stereocenters. The van der Waals surface area contributed by atoms with Crippen LogP contribution in [0.1, 0.15) is 22.9 Å². The first kappa shape index (κ1) is 19.4. The van der Waals surface area contributed by atoms with Crippen LogP contribution >= 0.6 is 11.3 Å². The first-order valence-electron chi connectivity index (χ1n) is 8.86. The number of hydrogen-bond donors (Lipinski definition) is 1. The standard InChI is InChI=1S/C23H20N2O2S/c1-3-27-22(26)11-10-21-23(19-9-4-16(13-24)12-15(19)2)20(14-28-21)17-5-7-18(25)8-6-17/h4-12,14H,3,25H2,1-2H3/b11-10+. The van der Waals surface area contributed by atoms with E-state index >= 15 is 0 Å². The van der Waals surface area contributed by atoms with Gasteiger partial charge in [0.15, 0.2) is 0 Å². The van der Waals surface area contributed by atoms with E-state index in [-0.39, 0.29) is 5.97 Å². The van der Waals surface area contributed by atoms with E-state index in [1.807, 2.05) is 49.4 Å². The highest BCUT2D eigenvalue weighted by Crippen LogP contribution is 2.41. The molecule has 4 nitrogen and oxygen atoms in total. The number of rotatable bonds is 5. The predicted molar refractivity (Wildman–Crippen MR) is 115 cm³/mol. The van der Waals surface area contributed by atoms with E-state index in [0.717, 1.165) is 32.7 Å². The second kappa shape index (κ2) is 8.55. The van der Waals surface area contributed by atoms with E-state index < -0.39 is 0 Å². The maximum atomic E-state index is 11.8. The summed E-state index contributed by atoms with van der Waals surface area (Å²) in [7, 11) is 0. The molecule has 1 heterocycles. The van der Waals surface area contributed by atoms with Crippen molar-refractivity contribution in [3.05, 3.63) is 69.9 Å². The van der Waals surface area contributed by atoms with Gasteiger partial charge >= 0.3 is 5.97 Å². The second-order valence-electron chi connectivity index (χ2n) is 6.24. The number of nitrogens with two attached hydrogens (primary N) is 1. The quantitative estimate of drug-likeness (QED) is 0.360. The fourth-order valence-corrected chi connectivity index (χ4v) is 3.98. The minimum absolute atomic E-state index is 0.339. The molecule has 0 saturated carbocycles. The van der Waals surface area contributed by atoms with Crippen LogP contribution in [-0.2, 0) is 9.53 Å². The average molecular weight is 388 g/mol. The molecule has 140 valence electrons. The number of carbonyl (C=O) groups is 1. The molecule has 0 radical (unpaired) electrons. The summed E-state index contributed by atoms with van der Waals surface area (Å²) in [5.41, 5.74) is 12.3. The van der Waals surface area contributed by atoms with E-state index in [1.165, 1.54) is 6.08 Å². The molecule has 0 atom stereocenters. The van der Waals surface area contributed by atoms with Gasteiger partial charge in [-0.1, -0.05) is 18.2 Å². The van der Waals surface area contributed by atoms with Gasteiger partial charge in [-0.2, -0.15) is 5.26 Å². The van der Waals surface area contributed by atoms with Gasteiger partial charge in [-0.05, 0) is 66.3 Å². The summed E-state index contributed by atoms with van der Waals surface area (Å²) in [5.74, 6) is -0.368. The van der Waals surface area contributed by atoms with Gasteiger partial charge in [-0.25, -0.2) is 4.79 Å². The third-order valence-electron chi connectivity index (χ3n) is 4.32. The van der Waals surface area contributed by atoms with Crippen molar-refractivity contribution in [3.63, 3.8) is 0 Å². The van der Waals surface area contributed by atoms with Crippen molar-refractivity contribution in [1.82, 2.24) is 0 Å². The molecule has 0 bridgehead atoms. The van der Waals surface area contributed by atoms with Crippen molar-refractivity contribution in [3.8, 4) is 28.3 Å². The van der Waals surface area contributed by atoms with Gasteiger partial charge in [-0.15, -0.1) is 11.3 Å². The molecule has 0 spiro atoms. The monoisotopic (exact) mass is 388 g/mol. The molecular weight excluding hydrogens is 368 g/mol. The number of esters is 1. The van der Waals surface area contributed by atoms with Gasteiger partial charge in [0.05, 0.1) is 18.2 Å². The Labute approximate surface area is 168 Å². The lowest BCUT2D eigenvalue weighted by Gasteiger charge is -2.11. The minimum Gasteiger partial charge on any atom is -0.463 e. The maximum absolute atomic E-state index is 11.8. The summed E-state index contributed by atoms with van der Waals surface area (Å²) < 4.78 is 5.00. The second-order valence-corrected chi connectivity index (χ2v) is 7.15. The smallest absolute Gasteiger partial charge is 0.330 e. The summed E-state index contributed by atoms with van der Waals surface area (Å²) in [4.78, 5) is 12.7. The Balaban J connectivity index is 2.16. The molecule has 2 N–H and O–H groups in total. The van der Waals surface area contributed by atoms with Gasteiger partial charge < -0.3 is 10.5 Å². The van der Waals surface area contributed by atoms with Gasteiger partial charge in [0.1, 0.15) is 0 Å². The Morgan fingerprint density at radius 2 is 1.96 bits per heavy atom. The van der Waals surface area contributed by atoms with Crippen molar-refractivity contribution < 1.29 is 9.53 Å². The van der Waals surface area contributed by atoms with Crippen LogP contribution in [0.25, 0.3) is 28.3 Å². The zero-order chi connectivity index (χ0) is 20.1. The third kappa shape index (κ3) is 4.13. The molecule has 0 fully saturated rings. The van der Waals surface area contributed by atoms with E-state index in [1.54, 1.807) is 24.3 Å². The van der Waals surface area contributed by atoms with Gasteiger partial charge in [0, 0.05) is 27.8 Å². The van der Waals surface area contributed by atoms with Crippen LogP contribution in [0.5, 0.6) is 0 Å². The normalized spacial score (nSPS) is 10.8. The van der Waals surface area contributed by atoms with Crippen molar-refractivity contribution in [2.75, 3.05) is 12.3 Å². The van der Waals surface area contributed by atoms with Gasteiger partial charge in [0.2, 0.25) is 0 Å². The number of aryl methyl sites for hydroxylation is 1. The van der Waals surface area contributed by atoms with Gasteiger partial charge in [-0.3, -0.25) is 0 Å². The van der Waals surface area contributed by atoms with Crippen LogP contribution in [0.3, 0.4) is 0 Å². The molecule has 3 rings (SSSR count). The Bertz CT molecular complexity index is 1070. The SMILES string of the molecule is CCOC(=O)/C=C/c1scc(-c2ccc(N)cc2)c1-c1ccc(C#N)cc1C. The highest BCUT2D eigenvalue weighted by atomic mass is 32.1. The molecular formula is C23H20N2O2S. The summed E-state index contributed by atoms with van der Waals surface area (Å²) in [5, 5.41) is 11.2. The minimum atomic E-state index is -0.368. The van der Waals surface area contributed by atoms with Crippen molar-refractivity contribution >= 4 is 29.1 Å². The Kier molecular flexibility index (Phi) is 5.93. The van der Waals surface area contributed by atoms with E-state index in [2.05, 4.69) is 11.4 Å². The largest absolute Gasteiger partial charge is 0.463 e. The number of ether oxygens (including phenoxy) is 1. The zero-order valence-electron chi connectivity index (χ0n) is 15.7. The van der Waals surface area contributed by atoms with Crippen molar-refractivity contribution in [2.24, 2.45) is 0 Å². The topological polar surface area (TPSA) is 76.1 Å². The summed E-state index contributed by atoms with van der Waals surface area (Å²) in [6, 6.07) is 15.5. The van der Waals surface area contributed by atoms with Crippen LogP contribution in [0.2, 0.25) is 0 Å². The number of benzene rings is 2. The lowest BCUT2D eigenvalue weighted by atomic mass is 9.93. The lowest BCUT2D eigenvalue weighted by molar-refractivity contribution is -0.137. The third-order valence-corrected chi connectivity index (χ3v) is 5.27. The number of nitrogens with zero attached hydrogens (tertiary/aromatic N) is 1. The van der Waals surface area contributed by atoms with Crippen LogP contribution in [0, 0.1) is 18.3 Å². The zero-order valence-corrected chi connectivity index (χ0v) is 16.5. The molecule has 5 heteroatoms. The van der Waals surface area contributed by atoms with Crippen LogP contribution in [-0.4, -0.2) is 12.6 Å². The van der Waals surface area contributed by atoms with E-state index in [4.69, 9.17) is 10.5 Å². The van der Waals surface area contributed by atoms with E-state index in [9.17, 15) is 10.1 Å². The molecule has 1 aromatic heterocycles. The molecule has 0 saturated heterocycles. The highest BCUT2D eigenvalue weighted by molar-refractivity contribution is 7.12. The number of carbonyl (C=O) groups excluding carboxylic acids is 1. The molecule has 0 aliphatic carbocycles. The maximum Gasteiger partial charge on any atom is 0.330 e.